The highest BCUT2D eigenvalue weighted by Crippen LogP contribution is 2.50. The molecule has 5 nitrogen and oxygen atoms in total. The highest BCUT2D eigenvalue weighted by atomic mass is 35.5. The minimum Gasteiger partial charge on any atom is -0.389 e. The maximum absolute atomic E-state index is 11.4. The molecule has 1 unspecified atom stereocenters. The minimum atomic E-state index is -1.21. The molecule has 1 saturated carbocycles. The van der Waals surface area contributed by atoms with Crippen molar-refractivity contribution in [3.8, 4) is 0 Å². The lowest BCUT2D eigenvalue weighted by Gasteiger charge is -2.37. The summed E-state index contributed by atoms with van der Waals surface area (Å²) in [5.74, 6) is 0. The Labute approximate surface area is 140 Å². The summed E-state index contributed by atoms with van der Waals surface area (Å²) < 4.78 is 1.59. The van der Waals surface area contributed by atoms with Crippen LogP contribution in [0, 0.1) is 5.41 Å². The summed E-state index contributed by atoms with van der Waals surface area (Å²) in [6.45, 7) is 4.15. The third-order valence-electron chi connectivity index (χ3n) is 4.71. The average Bonchev–Trinajstić information content (AvgIpc) is 3.03. The molecule has 1 aromatic carbocycles. The van der Waals surface area contributed by atoms with Gasteiger partial charge in [-0.2, -0.15) is 5.10 Å². The number of nitrogens with zero attached hydrogens (tertiary/aromatic N) is 3. The van der Waals surface area contributed by atoms with Gasteiger partial charge in [-0.1, -0.05) is 43.7 Å². The monoisotopic (exact) mass is 333 g/mol. The van der Waals surface area contributed by atoms with E-state index >= 15 is 0 Å². The van der Waals surface area contributed by atoms with Gasteiger partial charge in [-0.25, -0.2) is 9.67 Å². The van der Waals surface area contributed by atoms with Crippen molar-refractivity contribution in [2.75, 3.05) is 0 Å². The van der Waals surface area contributed by atoms with Crippen LogP contribution in [0.4, 0.5) is 0 Å². The quantitative estimate of drug-likeness (QED) is 0.905. The standard InChI is InChI=1S/C17H20ClN3O2/c1-16(2)8-15(22)14(7-12-3-5-13(18)6-4-12)17(16,23)9-21-11-19-10-20-21/h3-7,10-11,15,22-23H,8-9H2,1-2H3/b14-7+/t15-,17?/m1/s1. The molecule has 0 amide bonds. The predicted molar refractivity (Wildman–Crippen MR) is 88.8 cm³/mol. The van der Waals surface area contributed by atoms with E-state index < -0.39 is 17.1 Å². The molecule has 23 heavy (non-hydrogen) atoms. The molecule has 0 spiro atoms. The van der Waals surface area contributed by atoms with E-state index in [-0.39, 0.29) is 6.54 Å². The zero-order valence-electron chi connectivity index (χ0n) is 13.1. The van der Waals surface area contributed by atoms with Crippen molar-refractivity contribution >= 4 is 17.7 Å². The van der Waals surface area contributed by atoms with Gasteiger partial charge in [-0.15, -0.1) is 0 Å². The number of aromatic nitrogens is 3. The van der Waals surface area contributed by atoms with Crippen molar-refractivity contribution in [2.45, 2.75) is 38.5 Å². The minimum absolute atomic E-state index is 0.247. The van der Waals surface area contributed by atoms with Crippen molar-refractivity contribution in [3.05, 3.63) is 53.1 Å². The van der Waals surface area contributed by atoms with Crippen molar-refractivity contribution in [1.29, 1.82) is 0 Å². The number of benzene rings is 1. The van der Waals surface area contributed by atoms with Crippen LogP contribution in [0.1, 0.15) is 25.8 Å². The summed E-state index contributed by atoms with van der Waals surface area (Å²) in [7, 11) is 0. The zero-order chi connectivity index (χ0) is 16.7. The maximum Gasteiger partial charge on any atom is 0.137 e. The van der Waals surface area contributed by atoms with Crippen LogP contribution in [0.25, 0.3) is 6.08 Å². The molecule has 0 bridgehead atoms. The molecule has 6 heteroatoms. The number of rotatable bonds is 3. The van der Waals surface area contributed by atoms with E-state index in [1.807, 2.05) is 32.1 Å². The van der Waals surface area contributed by atoms with Gasteiger partial charge in [0, 0.05) is 10.4 Å². The molecule has 1 heterocycles. The number of hydrogen-bond acceptors (Lipinski definition) is 4. The molecular formula is C17H20ClN3O2. The largest absolute Gasteiger partial charge is 0.389 e. The summed E-state index contributed by atoms with van der Waals surface area (Å²) in [6.07, 6.45) is 4.63. The molecule has 1 fully saturated rings. The summed E-state index contributed by atoms with van der Waals surface area (Å²) in [4.78, 5) is 3.92. The average molecular weight is 334 g/mol. The SMILES string of the molecule is CC1(C)C[C@@H](O)/C(=C\c2ccc(Cl)cc2)C1(O)Cn1cncn1. The summed E-state index contributed by atoms with van der Waals surface area (Å²) in [5.41, 5.74) is -0.213. The second-order valence-electron chi connectivity index (χ2n) is 6.71. The normalized spacial score (nSPS) is 28.4. The maximum atomic E-state index is 11.4. The number of halogens is 1. The summed E-state index contributed by atoms with van der Waals surface area (Å²) in [6, 6.07) is 7.31. The summed E-state index contributed by atoms with van der Waals surface area (Å²) in [5, 5.41) is 26.6. The van der Waals surface area contributed by atoms with Crippen LogP contribution in [0.15, 0.2) is 42.5 Å². The Morgan fingerprint density at radius 2 is 2.04 bits per heavy atom. The highest BCUT2D eigenvalue weighted by Gasteiger charge is 2.55. The molecule has 1 aliphatic rings. The van der Waals surface area contributed by atoms with Crippen LogP contribution in [-0.2, 0) is 6.54 Å². The van der Waals surface area contributed by atoms with Crippen LogP contribution in [0.3, 0.4) is 0 Å². The van der Waals surface area contributed by atoms with Gasteiger partial charge in [0.1, 0.15) is 18.3 Å². The van der Waals surface area contributed by atoms with E-state index in [2.05, 4.69) is 10.1 Å². The smallest absolute Gasteiger partial charge is 0.137 e. The second kappa shape index (κ2) is 5.74. The molecule has 0 aliphatic heterocycles. The van der Waals surface area contributed by atoms with Crippen molar-refractivity contribution < 1.29 is 10.2 Å². The molecule has 2 aromatic rings. The number of aliphatic hydroxyl groups is 2. The van der Waals surface area contributed by atoms with Crippen molar-refractivity contribution in [1.82, 2.24) is 14.8 Å². The highest BCUT2D eigenvalue weighted by molar-refractivity contribution is 6.30. The first-order chi connectivity index (χ1) is 10.8. The fourth-order valence-corrected chi connectivity index (χ4v) is 3.36. The van der Waals surface area contributed by atoms with Crippen LogP contribution in [-0.4, -0.2) is 36.7 Å². The van der Waals surface area contributed by atoms with Crippen LogP contribution < -0.4 is 0 Å². The molecule has 0 radical (unpaired) electrons. The van der Waals surface area contributed by atoms with E-state index in [0.29, 0.717) is 17.0 Å². The Balaban J connectivity index is 2.03. The fourth-order valence-electron chi connectivity index (χ4n) is 3.24. The van der Waals surface area contributed by atoms with E-state index in [1.54, 1.807) is 23.1 Å². The Morgan fingerprint density at radius 3 is 2.65 bits per heavy atom. The van der Waals surface area contributed by atoms with E-state index in [9.17, 15) is 10.2 Å². The van der Waals surface area contributed by atoms with Gasteiger partial charge in [-0.05, 0) is 29.7 Å². The van der Waals surface area contributed by atoms with Gasteiger partial charge in [0.25, 0.3) is 0 Å². The molecule has 0 saturated heterocycles. The third-order valence-corrected chi connectivity index (χ3v) is 4.96. The lowest BCUT2D eigenvalue weighted by Crippen LogP contribution is -2.45. The Morgan fingerprint density at radius 1 is 1.35 bits per heavy atom. The molecule has 122 valence electrons. The number of aliphatic hydroxyl groups excluding tert-OH is 1. The molecule has 2 atom stereocenters. The zero-order valence-corrected chi connectivity index (χ0v) is 13.9. The lowest BCUT2D eigenvalue weighted by molar-refractivity contribution is -0.0298. The van der Waals surface area contributed by atoms with Gasteiger partial charge < -0.3 is 10.2 Å². The third kappa shape index (κ3) is 2.92. The molecule has 3 rings (SSSR count). The van der Waals surface area contributed by atoms with E-state index in [1.165, 1.54) is 6.33 Å². The van der Waals surface area contributed by atoms with Crippen LogP contribution >= 0.6 is 11.6 Å². The number of hydrogen-bond donors (Lipinski definition) is 2. The first-order valence-electron chi connectivity index (χ1n) is 7.52. The van der Waals surface area contributed by atoms with Crippen LogP contribution in [0.5, 0.6) is 0 Å². The molecule has 1 aromatic heterocycles. The topological polar surface area (TPSA) is 71.2 Å². The Bertz CT molecular complexity index is 710. The first kappa shape index (κ1) is 16.2. The second-order valence-corrected chi connectivity index (χ2v) is 7.14. The van der Waals surface area contributed by atoms with Gasteiger partial charge in [0.15, 0.2) is 0 Å². The van der Waals surface area contributed by atoms with Gasteiger partial charge in [0.2, 0.25) is 0 Å². The predicted octanol–water partition coefficient (Wildman–Crippen LogP) is 2.54. The van der Waals surface area contributed by atoms with Gasteiger partial charge in [0.05, 0.1) is 12.6 Å². The molecular weight excluding hydrogens is 314 g/mol. The van der Waals surface area contributed by atoms with E-state index in [4.69, 9.17) is 11.6 Å². The molecule has 2 N–H and O–H groups in total. The fraction of sp³-hybridized carbons (Fsp3) is 0.412. The van der Waals surface area contributed by atoms with Crippen molar-refractivity contribution in [2.24, 2.45) is 5.41 Å². The first-order valence-corrected chi connectivity index (χ1v) is 7.90. The van der Waals surface area contributed by atoms with Gasteiger partial charge >= 0.3 is 0 Å². The van der Waals surface area contributed by atoms with Crippen LogP contribution in [0.2, 0.25) is 5.02 Å². The molecule has 1 aliphatic carbocycles. The Hall–Kier alpha value is -1.69. The van der Waals surface area contributed by atoms with Crippen molar-refractivity contribution in [3.63, 3.8) is 0 Å². The summed E-state index contributed by atoms with van der Waals surface area (Å²) >= 11 is 5.92. The Kier molecular flexibility index (Phi) is 4.04. The van der Waals surface area contributed by atoms with Gasteiger partial charge in [-0.3, -0.25) is 0 Å². The lowest BCUT2D eigenvalue weighted by atomic mass is 9.76. The van der Waals surface area contributed by atoms with E-state index in [0.717, 1.165) is 5.56 Å².